The fourth-order valence-corrected chi connectivity index (χ4v) is 1.96. The van der Waals surface area contributed by atoms with Crippen molar-refractivity contribution in [3.8, 4) is 23.7 Å². The Balaban J connectivity index is 2.08. The molecule has 114 valence electrons. The average Bonchev–Trinajstić information content (AvgIpc) is 2.58. The second-order valence-corrected chi connectivity index (χ2v) is 4.78. The van der Waals surface area contributed by atoms with Crippen LogP contribution in [-0.4, -0.2) is 12.5 Å². The zero-order chi connectivity index (χ0) is 16.5. The molecule has 0 radical (unpaired) electrons. The number of hydrogen-bond acceptors (Lipinski definition) is 2. The fraction of sp³-hybridized carbons (Fsp3) is 0.150. The predicted molar refractivity (Wildman–Crippen MR) is 93.5 cm³/mol. The minimum atomic E-state index is -0.0561. The van der Waals surface area contributed by atoms with Gasteiger partial charge in [0.1, 0.15) is 0 Å². The van der Waals surface area contributed by atoms with Gasteiger partial charge < -0.3 is 0 Å². The van der Waals surface area contributed by atoms with Gasteiger partial charge in [-0.3, -0.25) is 4.79 Å². The maximum Gasteiger partial charge on any atom is 0.238 e. The highest BCUT2D eigenvalue weighted by atomic mass is 16.2. The van der Waals surface area contributed by atoms with Crippen molar-refractivity contribution in [2.45, 2.75) is 13.8 Å². The molecular weight excluding hydrogens is 284 g/mol. The lowest BCUT2D eigenvalue weighted by atomic mass is 10.2. The Kier molecular flexibility index (Phi) is 6.00. The highest BCUT2D eigenvalue weighted by Crippen LogP contribution is 2.13. The van der Waals surface area contributed by atoms with Crippen molar-refractivity contribution in [1.29, 1.82) is 0 Å². The van der Waals surface area contributed by atoms with E-state index in [1.807, 2.05) is 61.5 Å². The summed E-state index contributed by atoms with van der Waals surface area (Å²) in [6.07, 6.45) is 0. The first kappa shape index (κ1) is 16.4. The van der Waals surface area contributed by atoms with E-state index in [0.717, 1.165) is 16.8 Å². The predicted octanol–water partition coefficient (Wildman–Crippen LogP) is 2.97. The molecule has 23 heavy (non-hydrogen) atoms. The number of carbonyl (C=O) groups is 1. The summed E-state index contributed by atoms with van der Waals surface area (Å²) in [6.45, 7) is 4.15. The van der Waals surface area contributed by atoms with Crippen molar-refractivity contribution in [1.82, 2.24) is 5.43 Å². The van der Waals surface area contributed by atoms with E-state index in [0.29, 0.717) is 6.54 Å². The second-order valence-electron chi connectivity index (χ2n) is 4.78. The maximum atomic E-state index is 11.6. The lowest BCUT2D eigenvalue weighted by Gasteiger charge is -2.21. The van der Waals surface area contributed by atoms with Crippen LogP contribution >= 0.6 is 0 Å². The zero-order valence-electron chi connectivity index (χ0n) is 13.3. The topological polar surface area (TPSA) is 32.3 Å². The molecule has 0 saturated heterocycles. The molecule has 0 aromatic heterocycles. The van der Waals surface area contributed by atoms with E-state index in [1.165, 1.54) is 11.9 Å². The first-order chi connectivity index (χ1) is 11.2. The van der Waals surface area contributed by atoms with E-state index in [9.17, 15) is 4.79 Å². The SMILES string of the molecule is CCNN(C(C)=O)c1ccc(C#CC#Cc2ccccc2)cc1. The minimum absolute atomic E-state index is 0.0561. The number of anilines is 1. The molecule has 2 rings (SSSR count). The Labute approximate surface area is 137 Å². The van der Waals surface area contributed by atoms with Gasteiger partial charge in [-0.1, -0.05) is 37.0 Å². The molecule has 0 saturated carbocycles. The first-order valence-electron chi connectivity index (χ1n) is 7.42. The third-order valence-electron chi connectivity index (χ3n) is 3.01. The van der Waals surface area contributed by atoms with E-state index >= 15 is 0 Å². The molecule has 0 spiro atoms. The van der Waals surface area contributed by atoms with Crippen LogP contribution in [0.4, 0.5) is 5.69 Å². The number of carbonyl (C=O) groups excluding carboxylic acids is 1. The summed E-state index contributed by atoms with van der Waals surface area (Å²) in [5, 5.41) is 1.52. The lowest BCUT2D eigenvalue weighted by Crippen LogP contribution is -2.41. The number of nitrogens with zero attached hydrogens (tertiary/aromatic N) is 1. The highest BCUT2D eigenvalue weighted by molar-refractivity contribution is 5.90. The van der Waals surface area contributed by atoms with Crippen molar-refractivity contribution in [2.75, 3.05) is 11.6 Å². The molecule has 0 fully saturated rings. The molecule has 0 bridgehead atoms. The van der Waals surface area contributed by atoms with Crippen molar-refractivity contribution >= 4 is 11.6 Å². The average molecular weight is 302 g/mol. The van der Waals surface area contributed by atoms with Gasteiger partial charge in [0.25, 0.3) is 0 Å². The van der Waals surface area contributed by atoms with Crippen molar-refractivity contribution in [3.05, 3.63) is 65.7 Å². The van der Waals surface area contributed by atoms with Gasteiger partial charge in [-0.05, 0) is 48.2 Å². The Bertz CT molecular complexity index is 772. The molecular formula is C20H18N2O. The molecule has 2 aromatic carbocycles. The van der Waals surface area contributed by atoms with Gasteiger partial charge in [0.2, 0.25) is 5.91 Å². The van der Waals surface area contributed by atoms with Gasteiger partial charge in [-0.15, -0.1) is 0 Å². The Hall–Kier alpha value is -3.01. The van der Waals surface area contributed by atoms with Crippen molar-refractivity contribution in [2.24, 2.45) is 0 Å². The first-order valence-corrected chi connectivity index (χ1v) is 7.42. The number of hydrogen-bond donors (Lipinski definition) is 1. The van der Waals surface area contributed by atoms with E-state index in [4.69, 9.17) is 0 Å². The molecule has 0 heterocycles. The molecule has 2 aromatic rings. The molecule has 3 heteroatoms. The molecule has 0 aliphatic rings. The van der Waals surface area contributed by atoms with E-state index < -0.39 is 0 Å². The summed E-state index contributed by atoms with van der Waals surface area (Å²) in [5.74, 6) is 11.6. The van der Waals surface area contributed by atoms with Crippen LogP contribution in [0.15, 0.2) is 54.6 Å². The second kappa shape index (κ2) is 8.44. The summed E-state index contributed by atoms with van der Waals surface area (Å²) >= 11 is 0. The molecule has 3 nitrogen and oxygen atoms in total. The normalized spacial score (nSPS) is 9.13. The summed E-state index contributed by atoms with van der Waals surface area (Å²) < 4.78 is 0. The van der Waals surface area contributed by atoms with Gasteiger partial charge in [-0.2, -0.15) is 0 Å². The zero-order valence-corrected chi connectivity index (χ0v) is 13.3. The third kappa shape index (κ3) is 5.04. The highest BCUT2D eigenvalue weighted by Gasteiger charge is 2.09. The standard InChI is InChI=1S/C20H18N2O/c1-3-21-22(17(2)23)20-15-13-19(14-16-20)12-8-7-11-18-9-5-4-6-10-18/h4-6,9-10,13-16,21H,3H2,1-2H3. The Morgan fingerprint density at radius 2 is 1.52 bits per heavy atom. The lowest BCUT2D eigenvalue weighted by molar-refractivity contribution is -0.117. The van der Waals surface area contributed by atoms with Crippen LogP contribution in [0.2, 0.25) is 0 Å². The molecule has 1 amide bonds. The number of amides is 1. The van der Waals surface area contributed by atoms with Crippen LogP contribution in [0.3, 0.4) is 0 Å². The Morgan fingerprint density at radius 1 is 0.957 bits per heavy atom. The monoisotopic (exact) mass is 302 g/mol. The summed E-state index contributed by atoms with van der Waals surface area (Å²) in [5.41, 5.74) is 5.61. The Morgan fingerprint density at radius 3 is 2.04 bits per heavy atom. The van der Waals surface area contributed by atoms with Gasteiger partial charge in [0, 0.05) is 24.6 Å². The molecule has 1 N–H and O–H groups in total. The van der Waals surface area contributed by atoms with Crippen LogP contribution in [-0.2, 0) is 4.79 Å². The minimum Gasteiger partial charge on any atom is -0.273 e. The fourth-order valence-electron chi connectivity index (χ4n) is 1.96. The van der Waals surface area contributed by atoms with E-state index in [2.05, 4.69) is 29.1 Å². The number of hydrazine groups is 1. The molecule has 0 aliphatic carbocycles. The van der Waals surface area contributed by atoms with E-state index in [1.54, 1.807) is 0 Å². The smallest absolute Gasteiger partial charge is 0.238 e. The van der Waals surface area contributed by atoms with Gasteiger partial charge in [0.15, 0.2) is 0 Å². The maximum absolute atomic E-state index is 11.6. The van der Waals surface area contributed by atoms with Gasteiger partial charge >= 0.3 is 0 Å². The number of rotatable bonds is 3. The van der Waals surface area contributed by atoms with Crippen molar-refractivity contribution in [3.63, 3.8) is 0 Å². The molecule has 0 aliphatic heterocycles. The van der Waals surface area contributed by atoms with Crippen molar-refractivity contribution < 1.29 is 4.79 Å². The third-order valence-corrected chi connectivity index (χ3v) is 3.01. The van der Waals surface area contributed by atoms with Gasteiger partial charge in [-0.25, -0.2) is 10.4 Å². The van der Waals surface area contributed by atoms with E-state index in [-0.39, 0.29) is 5.91 Å². The number of benzene rings is 2. The van der Waals surface area contributed by atoms with Crippen LogP contribution in [0.5, 0.6) is 0 Å². The van der Waals surface area contributed by atoms with Crippen LogP contribution < -0.4 is 10.4 Å². The summed E-state index contributed by atoms with van der Waals surface area (Å²) in [7, 11) is 0. The van der Waals surface area contributed by atoms with Crippen LogP contribution in [0.1, 0.15) is 25.0 Å². The van der Waals surface area contributed by atoms with Gasteiger partial charge in [0.05, 0.1) is 5.69 Å². The summed E-state index contributed by atoms with van der Waals surface area (Å²) in [6, 6.07) is 17.2. The van der Waals surface area contributed by atoms with Crippen LogP contribution in [0.25, 0.3) is 0 Å². The quantitative estimate of drug-likeness (QED) is 0.698. The molecule has 0 unspecified atom stereocenters. The summed E-state index contributed by atoms with van der Waals surface area (Å²) in [4.78, 5) is 11.6. The van der Waals surface area contributed by atoms with Crippen LogP contribution in [0, 0.1) is 23.7 Å². The molecule has 0 atom stereocenters. The largest absolute Gasteiger partial charge is 0.273 e. The number of nitrogens with one attached hydrogen (secondary N) is 1.